The SMILES string of the molecule is C[C@H](OCC1CC1)C(=O)N1CCC(NC(=O)c2cccs2)CC1. The summed E-state index contributed by atoms with van der Waals surface area (Å²) in [7, 11) is 0. The predicted molar refractivity (Wildman–Crippen MR) is 89.5 cm³/mol. The zero-order valence-electron chi connectivity index (χ0n) is 13.5. The van der Waals surface area contributed by atoms with Crippen LogP contribution < -0.4 is 5.32 Å². The summed E-state index contributed by atoms with van der Waals surface area (Å²) < 4.78 is 5.66. The van der Waals surface area contributed by atoms with Crippen LogP contribution in [0.5, 0.6) is 0 Å². The molecule has 1 aliphatic carbocycles. The van der Waals surface area contributed by atoms with Crippen molar-refractivity contribution in [3.8, 4) is 0 Å². The molecule has 1 atom stereocenters. The van der Waals surface area contributed by atoms with Crippen LogP contribution >= 0.6 is 11.3 Å². The molecule has 1 aliphatic heterocycles. The van der Waals surface area contributed by atoms with E-state index in [1.54, 1.807) is 0 Å². The third-order valence-electron chi connectivity index (χ3n) is 4.51. The van der Waals surface area contributed by atoms with Gasteiger partial charge in [0.1, 0.15) is 6.10 Å². The van der Waals surface area contributed by atoms with Gasteiger partial charge in [-0.1, -0.05) is 6.07 Å². The average Bonchev–Trinajstić information content (AvgIpc) is 3.23. The first-order valence-corrected chi connectivity index (χ1v) is 9.26. The van der Waals surface area contributed by atoms with Gasteiger partial charge in [-0.15, -0.1) is 11.3 Å². The van der Waals surface area contributed by atoms with E-state index in [0.717, 1.165) is 17.7 Å². The van der Waals surface area contributed by atoms with Crippen molar-refractivity contribution in [1.82, 2.24) is 10.2 Å². The van der Waals surface area contributed by atoms with Gasteiger partial charge in [0, 0.05) is 19.1 Å². The van der Waals surface area contributed by atoms with E-state index in [1.807, 2.05) is 29.3 Å². The summed E-state index contributed by atoms with van der Waals surface area (Å²) in [6.45, 7) is 3.92. The summed E-state index contributed by atoms with van der Waals surface area (Å²) in [5, 5.41) is 4.96. The molecule has 2 aliphatic rings. The first-order valence-electron chi connectivity index (χ1n) is 8.38. The van der Waals surface area contributed by atoms with Gasteiger partial charge in [0.25, 0.3) is 11.8 Å². The zero-order valence-corrected chi connectivity index (χ0v) is 14.3. The molecule has 0 radical (unpaired) electrons. The lowest BCUT2D eigenvalue weighted by atomic mass is 10.0. The number of nitrogens with zero attached hydrogens (tertiary/aromatic N) is 1. The van der Waals surface area contributed by atoms with Crippen LogP contribution in [-0.2, 0) is 9.53 Å². The number of piperidine rings is 1. The van der Waals surface area contributed by atoms with Crippen LogP contribution in [0.4, 0.5) is 0 Å². The van der Waals surface area contributed by atoms with Crippen molar-refractivity contribution < 1.29 is 14.3 Å². The molecule has 0 bridgehead atoms. The number of thiophene rings is 1. The Morgan fingerprint density at radius 3 is 2.70 bits per heavy atom. The molecule has 0 aromatic carbocycles. The highest BCUT2D eigenvalue weighted by molar-refractivity contribution is 7.12. The number of rotatable bonds is 6. The van der Waals surface area contributed by atoms with Gasteiger partial charge in [-0.2, -0.15) is 0 Å². The van der Waals surface area contributed by atoms with E-state index in [-0.39, 0.29) is 24.0 Å². The third kappa shape index (κ3) is 4.54. The minimum atomic E-state index is -0.354. The Labute approximate surface area is 141 Å². The molecule has 2 amide bonds. The Morgan fingerprint density at radius 2 is 2.09 bits per heavy atom. The second-order valence-electron chi connectivity index (χ2n) is 6.47. The van der Waals surface area contributed by atoms with Crippen molar-refractivity contribution in [3.05, 3.63) is 22.4 Å². The molecule has 1 aromatic rings. The molecule has 0 unspecified atom stereocenters. The van der Waals surface area contributed by atoms with Gasteiger partial charge in [0.15, 0.2) is 0 Å². The summed E-state index contributed by atoms with van der Waals surface area (Å²) in [6.07, 6.45) is 3.72. The van der Waals surface area contributed by atoms with Crippen molar-refractivity contribution in [2.24, 2.45) is 5.92 Å². The molecule has 2 heterocycles. The fraction of sp³-hybridized carbons (Fsp3) is 0.647. The van der Waals surface area contributed by atoms with Gasteiger partial charge in [-0.3, -0.25) is 9.59 Å². The highest BCUT2D eigenvalue weighted by atomic mass is 32.1. The Kier molecular flexibility index (Phi) is 5.33. The number of hydrogen-bond acceptors (Lipinski definition) is 4. The largest absolute Gasteiger partial charge is 0.368 e. The van der Waals surface area contributed by atoms with Crippen molar-refractivity contribution in [3.63, 3.8) is 0 Å². The van der Waals surface area contributed by atoms with Gasteiger partial charge in [0.2, 0.25) is 0 Å². The molecule has 1 saturated carbocycles. The lowest BCUT2D eigenvalue weighted by Crippen LogP contribution is -2.49. The molecular weight excluding hydrogens is 312 g/mol. The van der Waals surface area contributed by atoms with Crippen LogP contribution in [0.25, 0.3) is 0 Å². The highest BCUT2D eigenvalue weighted by Gasteiger charge is 2.29. The van der Waals surface area contributed by atoms with E-state index in [2.05, 4.69) is 5.32 Å². The van der Waals surface area contributed by atoms with Crippen molar-refractivity contribution >= 4 is 23.2 Å². The molecule has 23 heavy (non-hydrogen) atoms. The number of ether oxygens (including phenoxy) is 1. The standard InChI is InChI=1S/C17H24N2O3S/c1-12(22-11-13-4-5-13)17(21)19-8-6-14(7-9-19)18-16(20)15-3-2-10-23-15/h2-3,10,12-14H,4-9,11H2,1H3,(H,18,20)/t12-/m0/s1. The lowest BCUT2D eigenvalue weighted by molar-refractivity contribution is -0.144. The zero-order chi connectivity index (χ0) is 16.2. The van der Waals surface area contributed by atoms with E-state index in [1.165, 1.54) is 24.2 Å². The quantitative estimate of drug-likeness (QED) is 0.867. The second-order valence-corrected chi connectivity index (χ2v) is 7.42. The molecule has 5 nitrogen and oxygen atoms in total. The molecule has 0 spiro atoms. The van der Waals surface area contributed by atoms with Crippen LogP contribution in [0, 0.1) is 5.92 Å². The van der Waals surface area contributed by atoms with Gasteiger partial charge in [-0.05, 0) is 50.0 Å². The fourth-order valence-electron chi connectivity index (χ4n) is 2.80. The molecule has 3 rings (SSSR count). The summed E-state index contributed by atoms with van der Waals surface area (Å²) in [4.78, 5) is 27.0. The molecule has 2 fully saturated rings. The Hall–Kier alpha value is -1.40. The number of carbonyl (C=O) groups excluding carboxylic acids is 2. The number of hydrogen-bond donors (Lipinski definition) is 1. The monoisotopic (exact) mass is 336 g/mol. The van der Waals surface area contributed by atoms with E-state index in [9.17, 15) is 9.59 Å². The number of likely N-dealkylation sites (tertiary alicyclic amines) is 1. The molecule has 126 valence electrons. The van der Waals surface area contributed by atoms with E-state index in [0.29, 0.717) is 25.6 Å². The maximum Gasteiger partial charge on any atom is 0.261 e. The minimum Gasteiger partial charge on any atom is -0.368 e. The molecule has 1 N–H and O–H groups in total. The number of carbonyl (C=O) groups is 2. The van der Waals surface area contributed by atoms with Crippen molar-refractivity contribution in [2.45, 2.75) is 44.8 Å². The molecule has 6 heteroatoms. The molecule has 1 aromatic heterocycles. The smallest absolute Gasteiger partial charge is 0.261 e. The number of amides is 2. The third-order valence-corrected chi connectivity index (χ3v) is 5.38. The van der Waals surface area contributed by atoms with Crippen LogP contribution in [0.3, 0.4) is 0 Å². The van der Waals surface area contributed by atoms with Crippen LogP contribution in [-0.4, -0.2) is 48.6 Å². The fourth-order valence-corrected chi connectivity index (χ4v) is 3.43. The first kappa shape index (κ1) is 16.5. The maximum atomic E-state index is 12.4. The first-order chi connectivity index (χ1) is 11.1. The van der Waals surface area contributed by atoms with E-state index >= 15 is 0 Å². The molecule has 1 saturated heterocycles. The summed E-state index contributed by atoms with van der Waals surface area (Å²) in [5.74, 6) is 0.739. The highest BCUT2D eigenvalue weighted by Crippen LogP contribution is 2.29. The summed E-state index contributed by atoms with van der Waals surface area (Å²) in [5.41, 5.74) is 0. The Morgan fingerprint density at radius 1 is 1.35 bits per heavy atom. The Bertz CT molecular complexity index is 534. The summed E-state index contributed by atoms with van der Waals surface area (Å²) >= 11 is 1.45. The second kappa shape index (κ2) is 7.45. The van der Waals surface area contributed by atoms with Crippen molar-refractivity contribution in [2.75, 3.05) is 19.7 Å². The van der Waals surface area contributed by atoms with Crippen LogP contribution in [0.15, 0.2) is 17.5 Å². The van der Waals surface area contributed by atoms with Gasteiger partial charge >= 0.3 is 0 Å². The van der Waals surface area contributed by atoms with Gasteiger partial charge < -0.3 is 15.0 Å². The normalized spacial score (nSPS) is 20.3. The maximum absolute atomic E-state index is 12.4. The van der Waals surface area contributed by atoms with Gasteiger partial charge in [-0.25, -0.2) is 0 Å². The van der Waals surface area contributed by atoms with E-state index in [4.69, 9.17) is 4.74 Å². The summed E-state index contributed by atoms with van der Waals surface area (Å²) in [6, 6.07) is 3.86. The topological polar surface area (TPSA) is 58.6 Å². The number of nitrogens with one attached hydrogen (secondary N) is 1. The van der Waals surface area contributed by atoms with Crippen molar-refractivity contribution in [1.29, 1.82) is 0 Å². The molecular formula is C17H24N2O3S. The average molecular weight is 336 g/mol. The lowest BCUT2D eigenvalue weighted by Gasteiger charge is -2.33. The van der Waals surface area contributed by atoms with Crippen LogP contribution in [0.1, 0.15) is 42.3 Å². The van der Waals surface area contributed by atoms with Crippen LogP contribution in [0.2, 0.25) is 0 Å². The van der Waals surface area contributed by atoms with Gasteiger partial charge in [0.05, 0.1) is 11.5 Å². The Balaban J connectivity index is 1.40. The van der Waals surface area contributed by atoms with E-state index < -0.39 is 0 Å². The minimum absolute atomic E-state index is 0.00842. The predicted octanol–water partition coefficient (Wildman–Crippen LogP) is 2.28.